The van der Waals surface area contributed by atoms with Crippen LogP contribution in [0.25, 0.3) is 0 Å². The number of likely N-dealkylation sites (tertiary alicyclic amines) is 1. The molecule has 1 saturated heterocycles. The number of nitrogens with one attached hydrogen (secondary N) is 3. The second-order valence-electron chi connectivity index (χ2n) is 31.1. The maximum atomic E-state index is 11.6. The van der Waals surface area contributed by atoms with Crippen molar-refractivity contribution in [3.8, 4) is 0 Å². The molecule has 0 saturated carbocycles. The third-order valence-electron chi connectivity index (χ3n) is 12.7. The summed E-state index contributed by atoms with van der Waals surface area (Å²) in [6.07, 6.45) is 14.3. The molecule has 1 aliphatic rings. The van der Waals surface area contributed by atoms with E-state index in [0.29, 0.717) is 109 Å². The molecular formula is C83H145N7O16. The summed E-state index contributed by atoms with van der Waals surface area (Å²) in [7, 11) is 0. The van der Waals surface area contributed by atoms with Gasteiger partial charge in [0.15, 0.2) is 0 Å². The SMILES string of the molecule is C=COCCOC(C)C.CC(C)(C)OCC(C)(C)OCc1ccccc1.CC(C)(C)OCCN1CCCC1=O.CC(C)(O)COC(C)(C)C.CC(C)OCCCNC(=O)c1ccccn1.CC(C)OCCCNC(=O)c1cccnc1.CC(C)OCCCNC(=O)c1ccncc1.CC(O)COC(C)(C)C. The molecule has 1 aromatic carbocycles. The van der Waals surface area contributed by atoms with Crippen LogP contribution in [0.1, 0.15) is 242 Å². The zero-order chi connectivity index (χ0) is 81.3. The standard InChI is InChI=1S/C15H24O2.3C12H18N2O2.C10H19NO2.C8H18O2.C7H16O2.C7H14O2/c1-14(2,3)17-12-15(4,5)16-11-13-9-7-6-8-10-13;1-10(2)16-9-3-6-14-12(15)11-4-7-13-8-5-11;1-10(2)16-8-4-7-14-12(15)11-5-3-6-13-9-11;1-10(2)16-9-5-8-14-12(15)11-6-3-4-7-13-11;1-10(2,3)13-8-7-11-6-4-5-9(11)12;1-7(2,3)10-6-8(4,5)9;1-6(8)5-9-7(2,3)4;1-4-8-5-6-9-7(2)3/h6-10H,11-12H2,1-5H3;4-5,7-8,10H,3,6,9H2,1-2H3,(H,14,15);3,5-6,9-10H,4,7-8H2,1-2H3,(H,14,15);3-4,6-7,10H,5,8-9H2,1-2H3,(H,14,15);4-8H2,1-3H3;9H,6H2,1-5H3;6,8H,5H2,1-4H3;4,7H,1,5-6H2,2-3H3. The van der Waals surface area contributed by atoms with Gasteiger partial charge in [0.2, 0.25) is 5.91 Å². The first-order valence-corrected chi connectivity index (χ1v) is 37.4. The van der Waals surface area contributed by atoms with E-state index in [0.717, 1.165) is 45.2 Å². The van der Waals surface area contributed by atoms with E-state index in [4.69, 9.17) is 52.5 Å². The van der Waals surface area contributed by atoms with Gasteiger partial charge in [-0.2, -0.15) is 0 Å². The van der Waals surface area contributed by atoms with Crippen molar-refractivity contribution in [1.29, 1.82) is 0 Å². The molecule has 23 nitrogen and oxygen atoms in total. The van der Waals surface area contributed by atoms with E-state index in [1.807, 2.05) is 141 Å². The number of aliphatic hydroxyl groups is 2. The fourth-order valence-corrected chi connectivity index (χ4v) is 7.44. The minimum absolute atomic E-state index is 0.0630. The van der Waals surface area contributed by atoms with E-state index in [9.17, 15) is 24.3 Å². The molecule has 608 valence electrons. The second-order valence-corrected chi connectivity index (χ2v) is 31.1. The smallest absolute Gasteiger partial charge is 0.269 e. The molecule has 5 rings (SSSR count). The van der Waals surface area contributed by atoms with Crippen LogP contribution in [0.3, 0.4) is 0 Å². The van der Waals surface area contributed by atoms with Crippen LogP contribution in [0.5, 0.6) is 0 Å². The summed E-state index contributed by atoms with van der Waals surface area (Å²) in [5.74, 6) is -0.00718. The van der Waals surface area contributed by atoms with Gasteiger partial charge in [-0.3, -0.25) is 34.1 Å². The minimum atomic E-state index is -0.715. The largest absolute Gasteiger partial charge is 0.499 e. The third-order valence-corrected chi connectivity index (χ3v) is 12.7. The maximum absolute atomic E-state index is 11.6. The highest BCUT2D eigenvalue weighted by Gasteiger charge is 2.24. The average Bonchev–Trinajstić information content (AvgIpc) is 1.32. The first-order valence-electron chi connectivity index (χ1n) is 37.4. The topological polar surface area (TPSA) is 279 Å². The Bertz CT molecular complexity index is 2600. The summed E-state index contributed by atoms with van der Waals surface area (Å²) in [6.45, 7) is 62.2. The zero-order valence-corrected chi connectivity index (χ0v) is 70.0. The predicted molar refractivity (Wildman–Crippen MR) is 426 cm³/mol. The summed E-state index contributed by atoms with van der Waals surface area (Å²) in [5.41, 5.74) is 1.40. The van der Waals surface area contributed by atoms with E-state index in [-0.39, 0.29) is 76.0 Å². The predicted octanol–water partition coefficient (Wildman–Crippen LogP) is 14.4. The highest BCUT2D eigenvalue weighted by atomic mass is 16.6. The van der Waals surface area contributed by atoms with Crippen molar-refractivity contribution in [2.75, 3.05) is 92.2 Å². The van der Waals surface area contributed by atoms with E-state index in [1.54, 1.807) is 94.2 Å². The number of aromatic nitrogens is 3. The third kappa shape index (κ3) is 74.5. The van der Waals surface area contributed by atoms with Gasteiger partial charge in [0.25, 0.3) is 17.7 Å². The molecule has 4 aromatic rings. The van der Waals surface area contributed by atoms with Gasteiger partial charge in [-0.25, -0.2) is 0 Å². The first-order chi connectivity index (χ1) is 49.3. The Morgan fingerprint density at radius 1 is 0.519 bits per heavy atom. The van der Waals surface area contributed by atoms with Crippen molar-refractivity contribution >= 4 is 23.6 Å². The van der Waals surface area contributed by atoms with Gasteiger partial charge in [0.1, 0.15) is 12.3 Å². The number of hydrogen-bond acceptors (Lipinski definition) is 19. The quantitative estimate of drug-likeness (QED) is 0.0211. The summed E-state index contributed by atoms with van der Waals surface area (Å²) in [4.78, 5) is 59.4. The van der Waals surface area contributed by atoms with E-state index < -0.39 is 5.60 Å². The molecule has 0 radical (unpaired) electrons. The fraction of sp³-hybridized carbons (Fsp3) is 0.675. The summed E-state index contributed by atoms with van der Waals surface area (Å²) >= 11 is 0. The van der Waals surface area contributed by atoms with Crippen LogP contribution < -0.4 is 16.0 Å². The lowest BCUT2D eigenvalue weighted by molar-refractivity contribution is -0.129. The molecule has 1 fully saturated rings. The number of hydrogen-bond donors (Lipinski definition) is 5. The van der Waals surface area contributed by atoms with Crippen LogP contribution in [0.4, 0.5) is 0 Å². The van der Waals surface area contributed by atoms with Crippen LogP contribution in [-0.2, 0) is 58.8 Å². The van der Waals surface area contributed by atoms with Crippen LogP contribution in [0.2, 0.25) is 0 Å². The second kappa shape index (κ2) is 59.6. The number of aliphatic hydroxyl groups excluding tert-OH is 1. The molecule has 23 heteroatoms. The Balaban J connectivity index is -0.00000116. The van der Waals surface area contributed by atoms with Crippen molar-refractivity contribution in [3.63, 3.8) is 0 Å². The maximum Gasteiger partial charge on any atom is 0.269 e. The number of benzene rings is 1. The van der Waals surface area contributed by atoms with Crippen molar-refractivity contribution in [1.82, 2.24) is 35.8 Å². The molecule has 1 atom stereocenters. The Labute approximate surface area is 640 Å². The number of ether oxygens (including phenoxy) is 10. The number of nitrogens with zero attached hydrogens (tertiary/aromatic N) is 4. The van der Waals surface area contributed by atoms with Crippen LogP contribution in [0, 0.1) is 0 Å². The molecule has 5 N–H and O–H groups in total. The van der Waals surface area contributed by atoms with E-state index >= 15 is 0 Å². The Morgan fingerprint density at radius 3 is 1.39 bits per heavy atom. The van der Waals surface area contributed by atoms with Gasteiger partial charge < -0.3 is 78.4 Å². The lowest BCUT2D eigenvalue weighted by Crippen LogP contribution is -2.35. The fourth-order valence-electron chi connectivity index (χ4n) is 7.44. The molecule has 3 aromatic heterocycles. The van der Waals surface area contributed by atoms with Crippen molar-refractivity contribution in [2.24, 2.45) is 0 Å². The molecule has 1 unspecified atom stereocenters. The number of rotatable bonds is 35. The van der Waals surface area contributed by atoms with Crippen molar-refractivity contribution < 1.29 is 76.8 Å². The number of carbonyl (C=O) groups excluding carboxylic acids is 4. The van der Waals surface area contributed by atoms with Gasteiger partial charge in [0.05, 0.1) is 116 Å². The molecule has 0 spiro atoms. The lowest BCUT2D eigenvalue weighted by Gasteiger charge is -2.30. The Kier molecular flexibility index (Phi) is 58.4. The van der Waals surface area contributed by atoms with Crippen LogP contribution in [0.15, 0.2) is 117 Å². The van der Waals surface area contributed by atoms with Crippen LogP contribution in [-0.4, -0.2) is 210 Å². The monoisotopic (exact) mass is 1500 g/mol. The summed E-state index contributed by atoms with van der Waals surface area (Å²) < 4.78 is 53.9. The number of amides is 4. The number of carbonyl (C=O) groups is 4. The molecule has 0 aliphatic carbocycles. The molecule has 106 heavy (non-hydrogen) atoms. The van der Waals surface area contributed by atoms with Gasteiger partial charge in [-0.1, -0.05) is 43.0 Å². The highest BCUT2D eigenvalue weighted by molar-refractivity contribution is 5.94. The van der Waals surface area contributed by atoms with Gasteiger partial charge in [-0.15, -0.1) is 0 Å². The molecule has 1 aliphatic heterocycles. The van der Waals surface area contributed by atoms with Gasteiger partial charge >= 0.3 is 0 Å². The summed E-state index contributed by atoms with van der Waals surface area (Å²) in [5, 5.41) is 26.5. The summed E-state index contributed by atoms with van der Waals surface area (Å²) in [6, 6.07) is 22.4. The van der Waals surface area contributed by atoms with Gasteiger partial charge in [-0.05, 0) is 241 Å². The lowest BCUT2D eigenvalue weighted by atomic mass is 10.1. The molecule has 4 amide bonds. The van der Waals surface area contributed by atoms with Crippen LogP contribution >= 0.6 is 0 Å². The highest BCUT2D eigenvalue weighted by Crippen LogP contribution is 2.18. The Hall–Kier alpha value is -6.35. The van der Waals surface area contributed by atoms with Crippen molar-refractivity contribution in [2.45, 2.75) is 276 Å². The Morgan fingerprint density at radius 2 is 0.991 bits per heavy atom. The first kappa shape index (κ1) is 104. The molecular weight excluding hydrogens is 1350 g/mol. The zero-order valence-electron chi connectivity index (χ0n) is 70.0. The van der Waals surface area contributed by atoms with Crippen molar-refractivity contribution in [3.05, 3.63) is 139 Å². The van der Waals surface area contributed by atoms with E-state index in [2.05, 4.69) is 84.2 Å². The minimum Gasteiger partial charge on any atom is -0.499 e. The average molecular weight is 1500 g/mol. The normalized spacial score (nSPS) is 12.5. The number of pyridine rings is 3. The van der Waals surface area contributed by atoms with Gasteiger partial charge in [0, 0.05) is 95.5 Å². The van der Waals surface area contributed by atoms with E-state index in [1.165, 1.54) is 11.8 Å². The molecule has 0 bridgehead atoms. The molecule has 4 heterocycles.